The van der Waals surface area contributed by atoms with E-state index >= 15 is 0 Å². The maximum Gasteiger partial charge on any atom is 0.254 e. The van der Waals surface area contributed by atoms with E-state index in [0.717, 1.165) is 0 Å². The minimum absolute atomic E-state index is 0.105. The summed E-state index contributed by atoms with van der Waals surface area (Å²) in [5.74, 6) is 0.635. The van der Waals surface area contributed by atoms with Gasteiger partial charge in [0.05, 0.1) is 19.1 Å². The van der Waals surface area contributed by atoms with Gasteiger partial charge in [-0.1, -0.05) is 12.1 Å². The minimum atomic E-state index is -3.54. The number of hydrogen-bond donors (Lipinski definition) is 2. The molecule has 1 heterocycles. The van der Waals surface area contributed by atoms with E-state index in [1.165, 1.54) is 33.4 Å². The van der Waals surface area contributed by atoms with Gasteiger partial charge in [0.1, 0.15) is 11.5 Å². The van der Waals surface area contributed by atoms with Crippen molar-refractivity contribution >= 4 is 21.8 Å². The number of ether oxygens (including phenoxy) is 2. The van der Waals surface area contributed by atoms with Crippen molar-refractivity contribution in [3.8, 4) is 11.5 Å². The Labute approximate surface area is 194 Å². The van der Waals surface area contributed by atoms with E-state index in [4.69, 9.17) is 9.47 Å². The molecule has 178 valence electrons. The number of amides is 2. The van der Waals surface area contributed by atoms with Crippen LogP contribution in [-0.2, 0) is 21.4 Å². The molecule has 0 atom stereocenters. The molecule has 1 fully saturated rings. The normalized spacial score (nSPS) is 14.6. The Hall–Kier alpha value is -3.11. The lowest BCUT2D eigenvalue weighted by atomic mass is 9.95. The Bertz CT molecular complexity index is 1090. The van der Waals surface area contributed by atoms with E-state index in [9.17, 15) is 18.0 Å². The molecule has 1 aliphatic heterocycles. The first-order chi connectivity index (χ1) is 15.8. The molecule has 9 nitrogen and oxygen atoms in total. The number of sulfonamides is 1. The Kier molecular flexibility index (Phi) is 7.93. The zero-order valence-corrected chi connectivity index (χ0v) is 19.8. The standard InChI is InChI=1S/C23H29N3O6S/c1-24-33(29,30)21-6-4-5-16(11-21)15-25-22(27)17-7-9-26(10-8-17)23(28)18-12-19(31-2)14-20(13-18)32-3/h4-6,11-14,17,24H,7-10,15H2,1-3H3,(H,25,27). The Morgan fingerprint density at radius 2 is 1.67 bits per heavy atom. The van der Waals surface area contributed by atoms with E-state index in [1.54, 1.807) is 35.2 Å². The highest BCUT2D eigenvalue weighted by Crippen LogP contribution is 2.25. The summed E-state index contributed by atoms with van der Waals surface area (Å²) in [5.41, 5.74) is 1.17. The third-order valence-corrected chi connectivity index (χ3v) is 7.11. The maximum atomic E-state index is 12.9. The van der Waals surface area contributed by atoms with E-state index in [-0.39, 0.29) is 29.2 Å². The van der Waals surface area contributed by atoms with Crippen molar-refractivity contribution in [1.29, 1.82) is 0 Å². The summed E-state index contributed by atoms with van der Waals surface area (Å²) >= 11 is 0. The van der Waals surface area contributed by atoms with Gasteiger partial charge in [0.15, 0.2) is 0 Å². The zero-order valence-electron chi connectivity index (χ0n) is 19.0. The van der Waals surface area contributed by atoms with Crippen molar-refractivity contribution < 1.29 is 27.5 Å². The number of carbonyl (C=O) groups is 2. The summed E-state index contributed by atoms with van der Waals surface area (Å²) in [7, 11) is 0.873. The molecule has 1 aliphatic rings. The van der Waals surface area contributed by atoms with Gasteiger partial charge in [0.2, 0.25) is 15.9 Å². The van der Waals surface area contributed by atoms with E-state index in [0.29, 0.717) is 48.6 Å². The van der Waals surface area contributed by atoms with Crippen molar-refractivity contribution in [1.82, 2.24) is 14.9 Å². The van der Waals surface area contributed by atoms with Crippen LogP contribution in [0.25, 0.3) is 0 Å². The number of likely N-dealkylation sites (tertiary alicyclic amines) is 1. The van der Waals surface area contributed by atoms with Gasteiger partial charge in [-0.05, 0) is 49.7 Å². The summed E-state index contributed by atoms with van der Waals surface area (Å²) in [4.78, 5) is 27.4. The van der Waals surface area contributed by atoms with Crippen LogP contribution in [0.2, 0.25) is 0 Å². The van der Waals surface area contributed by atoms with Crippen molar-refractivity contribution in [3.63, 3.8) is 0 Å². The Morgan fingerprint density at radius 3 is 2.24 bits per heavy atom. The van der Waals surface area contributed by atoms with E-state index in [2.05, 4.69) is 10.0 Å². The molecule has 10 heteroatoms. The molecule has 0 saturated carbocycles. The quantitative estimate of drug-likeness (QED) is 0.602. The van der Waals surface area contributed by atoms with Crippen LogP contribution in [0.4, 0.5) is 0 Å². The monoisotopic (exact) mass is 475 g/mol. The van der Waals surface area contributed by atoms with Crippen molar-refractivity contribution in [2.75, 3.05) is 34.4 Å². The van der Waals surface area contributed by atoms with Crippen LogP contribution in [0.3, 0.4) is 0 Å². The van der Waals surface area contributed by atoms with Crippen LogP contribution in [0.1, 0.15) is 28.8 Å². The maximum absolute atomic E-state index is 12.9. The first-order valence-electron chi connectivity index (χ1n) is 10.6. The second-order valence-corrected chi connectivity index (χ2v) is 9.63. The number of benzene rings is 2. The molecule has 0 radical (unpaired) electrons. The zero-order chi connectivity index (χ0) is 24.0. The fraction of sp³-hybridized carbons (Fsp3) is 0.391. The third kappa shape index (κ3) is 6.02. The topological polar surface area (TPSA) is 114 Å². The van der Waals surface area contributed by atoms with E-state index in [1.807, 2.05) is 0 Å². The largest absolute Gasteiger partial charge is 0.497 e. The number of piperidine rings is 1. The van der Waals surface area contributed by atoms with Gasteiger partial charge >= 0.3 is 0 Å². The SMILES string of the molecule is CNS(=O)(=O)c1cccc(CNC(=O)C2CCN(C(=O)c3cc(OC)cc(OC)c3)CC2)c1. The first-order valence-corrected chi connectivity index (χ1v) is 12.1. The lowest BCUT2D eigenvalue weighted by Gasteiger charge is -2.31. The van der Waals surface area contributed by atoms with Gasteiger partial charge < -0.3 is 19.7 Å². The van der Waals surface area contributed by atoms with Crippen LogP contribution in [0, 0.1) is 5.92 Å². The second-order valence-electron chi connectivity index (χ2n) is 7.74. The molecule has 2 N–H and O–H groups in total. The average Bonchev–Trinajstić information content (AvgIpc) is 2.86. The average molecular weight is 476 g/mol. The lowest BCUT2D eigenvalue weighted by molar-refractivity contribution is -0.126. The Balaban J connectivity index is 1.55. The second kappa shape index (κ2) is 10.7. The highest BCUT2D eigenvalue weighted by molar-refractivity contribution is 7.89. The number of nitrogens with zero attached hydrogens (tertiary/aromatic N) is 1. The highest BCUT2D eigenvalue weighted by Gasteiger charge is 2.28. The fourth-order valence-electron chi connectivity index (χ4n) is 3.73. The van der Waals surface area contributed by atoms with Crippen molar-refractivity contribution in [3.05, 3.63) is 53.6 Å². The molecule has 0 spiro atoms. The lowest BCUT2D eigenvalue weighted by Crippen LogP contribution is -2.43. The number of nitrogens with one attached hydrogen (secondary N) is 2. The predicted molar refractivity (Wildman–Crippen MR) is 123 cm³/mol. The summed E-state index contributed by atoms with van der Waals surface area (Å²) in [6.45, 7) is 1.16. The van der Waals surface area contributed by atoms with Gasteiger partial charge in [-0.25, -0.2) is 13.1 Å². The van der Waals surface area contributed by atoms with Crippen LogP contribution in [0.15, 0.2) is 47.4 Å². The highest BCUT2D eigenvalue weighted by atomic mass is 32.2. The molecule has 33 heavy (non-hydrogen) atoms. The van der Waals surface area contributed by atoms with Crippen molar-refractivity contribution in [2.24, 2.45) is 5.92 Å². The van der Waals surface area contributed by atoms with Gasteiger partial charge in [-0.3, -0.25) is 9.59 Å². The predicted octanol–water partition coefficient (Wildman–Crippen LogP) is 1.78. The van der Waals surface area contributed by atoms with Gasteiger partial charge in [-0.2, -0.15) is 0 Å². The molecule has 3 rings (SSSR count). The molecule has 0 bridgehead atoms. The molecule has 0 aliphatic carbocycles. The number of rotatable bonds is 8. The summed E-state index contributed by atoms with van der Waals surface area (Å²) < 4.78 is 36.7. The van der Waals surface area contributed by atoms with E-state index < -0.39 is 10.0 Å². The molecular weight excluding hydrogens is 446 g/mol. The van der Waals surface area contributed by atoms with Gasteiger partial charge in [0.25, 0.3) is 5.91 Å². The summed E-state index contributed by atoms with van der Waals surface area (Å²) in [6.07, 6.45) is 1.10. The number of carbonyl (C=O) groups excluding carboxylic acids is 2. The molecule has 2 amide bonds. The molecule has 0 unspecified atom stereocenters. The van der Waals surface area contributed by atoms with Crippen LogP contribution >= 0.6 is 0 Å². The van der Waals surface area contributed by atoms with Crippen molar-refractivity contribution in [2.45, 2.75) is 24.3 Å². The number of methoxy groups -OCH3 is 2. The minimum Gasteiger partial charge on any atom is -0.497 e. The summed E-state index contributed by atoms with van der Waals surface area (Å²) in [5, 5.41) is 2.88. The smallest absolute Gasteiger partial charge is 0.254 e. The van der Waals surface area contributed by atoms with Gasteiger partial charge in [-0.15, -0.1) is 0 Å². The molecule has 2 aromatic rings. The van der Waals surface area contributed by atoms with Crippen LogP contribution in [0.5, 0.6) is 11.5 Å². The fourth-order valence-corrected chi connectivity index (χ4v) is 4.53. The molecule has 0 aromatic heterocycles. The molecule has 2 aromatic carbocycles. The molecular formula is C23H29N3O6S. The van der Waals surface area contributed by atoms with Crippen LogP contribution < -0.4 is 19.5 Å². The molecule has 1 saturated heterocycles. The van der Waals surface area contributed by atoms with Crippen LogP contribution in [-0.4, -0.2) is 59.5 Å². The summed E-state index contributed by atoms with van der Waals surface area (Å²) in [6, 6.07) is 11.5. The van der Waals surface area contributed by atoms with Gasteiger partial charge in [0, 0.05) is 37.2 Å². The Morgan fingerprint density at radius 1 is 1.03 bits per heavy atom. The number of hydrogen-bond acceptors (Lipinski definition) is 6. The first kappa shape index (κ1) is 24.5. The third-order valence-electron chi connectivity index (χ3n) is 5.70.